The maximum Gasteiger partial charge on any atom is 0.416 e. The standard InChI is InChI=1S/C23H22F3NO3/c1-15-21(22(29)30-13-7-10-16-8-3-2-4-9-16)18(14-20(28)27-15)17-11-5-6-12-19(17)23(24,25)26/h2-6,8-9,11-12,18,21H,1,7,10,13-14H2,(H,27,28)/t18-,21+/m1/s1. The minimum absolute atomic E-state index is 0.0567. The van der Waals surface area contributed by atoms with Gasteiger partial charge < -0.3 is 10.1 Å². The Morgan fingerprint density at radius 1 is 1.10 bits per heavy atom. The van der Waals surface area contributed by atoms with Crippen molar-refractivity contribution in [2.75, 3.05) is 6.61 Å². The Morgan fingerprint density at radius 2 is 1.77 bits per heavy atom. The molecule has 0 aromatic heterocycles. The summed E-state index contributed by atoms with van der Waals surface area (Å²) in [5.41, 5.74) is 0.188. The van der Waals surface area contributed by atoms with Gasteiger partial charge in [-0.3, -0.25) is 9.59 Å². The van der Waals surface area contributed by atoms with Crippen molar-refractivity contribution in [1.29, 1.82) is 0 Å². The first-order chi connectivity index (χ1) is 14.3. The average Bonchev–Trinajstić information content (AvgIpc) is 2.70. The van der Waals surface area contributed by atoms with Crippen molar-refractivity contribution < 1.29 is 27.5 Å². The molecule has 4 nitrogen and oxygen atoms in total. The minimum atomic E-state index is -4.60. The Hall–Kier alpha value is -3.09. The van der Waals surface area contributed by atoms with E-state index in [0.717, 1.165) is 11.6 Å². The second kappa shape index (κ2) is 9.15. The van der Waals surface area contributed by atoms with E-state index in [2.05, 4.69) is 11.9 Å². The van der Waals surface area contributed by atoms with E-state index in [0.29, 0.717) is 12.8 Å². The lowest BCUT2D eigenvalue weighted by molar-refractivity contribution is -0.150. The molecule has 2 aromatic rings. The second-order valence-corrected chi connectivity index (χ2v) is 7.20. The number of ether oxygens (including phenoxy) is 1. The molecule has 3 rings (SSSR count). The molecule has 0 radical (unpaired) electrons. The number of carbonyl (C=O) groups excluding carboxylic acids is 2. The highest BCUT2D eigenvalue weighted by Crippen LogP contribution is 2.42. The summed E-state index contributed by atoms with van der Waals surface area (Å²) in [4.78, 5) is 24.8. The highest BCUT2D eigenvalue weighted by atomic mass is 19.4. The van der Waals surface area contributed by atoms with Gasteiger partial charge in [0.05, 0.1) is 12.2 Å². The summed E-state index contributed by atoms with van der Waals surface area (Å²) in [5.74, 6) is -3.24. The lowest BCUT2D eigenvalue weighted by atomic mass is 9.77. The van der Waals surface area contributed by atoms with Gasteiger partial charge in [-0.1, -0.05) is 55.1 Å². The fourth-order valence-electron chi connectivity index (χ4n) is 3.73. The van der Waals surface area contributed by atoms with Crippen LogP contribution in [0.25, 0.3) is 0 Å². The molecule has 7 heteroatoms. The summed E-state index contributed by atoms with van der Waals surface area (Å²) in [6.45, 7) is 3.82. The molecule has 1 heterocycles. The number of benzene rings is 2. The van der Waals surface area contributed by atoms with Crippen molar-refractivity contribution in [3.8, 4) is 0 Å². The number of carbonyl (C=O) groups is 2. The summed E-state index contributed by atoms with van der Waals surface area (Å²) in [6, 6.07) is 14.7. The molecule has 1 N–H and O–H groups in total. The molecule has 1 aliphatic rings. The number of esters is 1. The van der Waals surface area contributed by atoms with Gasteiger partial charge in [0, 0.05) is 18.0 Å². The third-order valence-electron chi connectivity index (χ3n) is 5.10. The number of rotatable bonds is 6. The zero-order valence-corrected chi connectivity index (χ0v) is 16.2. The molecular weight excluding hydrogens is 395 g/mol. The number of piperidine rings is 1. The number of amides is 1. The van der Waals surface area contributed by atoms with Gasteiger partial charge in [0.1, 0.15) is 5.92 Å². The molecule has 2 atom stereocenters. The first-order valence-electron chi connectivity index (χ1n) is 9.62. The molecule has 1 fully saturated rings. The number of hydrogen-bond donors (Lipinski definition) is 1. The Labute approximate surface area is 172 Å². The van der Waals surface area contributed by atoms with E-state index >= 15 is 0 Å². The van der Waals surface area contributed by atoms with Crippen molar-refractivity contribution in [2.45, 2.75) is 31.4 Å². The van der Waals surface area contributed by atoms with E-state index < -0.39 is 35.5 Å². The van der Waals surface area contributed by atoms with Gasteiger partial charge in [0.2, 0.25) is 5.91 Å². The lowest BCUT2D eigenvalue weighted by Crippen LogP contribution is -2.42. The second-order valence-electron chi connectivity index (χ2n) is 7.20. The predicted molar refractivity (Wildman–Crippen MR) is 105 cm³/mol. The van der Waals surface area contributed by atoms with Crippen LogP contribution in [0.4, 0.5) is 13.2 Å². The summed E-state index contributed by atoms with van der Waals surface area (Å²) in [7, 11) is 0. The van der Waals surface area contributed by atoms with Crippen molar-refractivity contribution in [3.63, 3.8) is 0 Å². The van der Waals surface area contributed by atoms with E-state index in [4.69, 9.17) is 4.74 Å². The zero-order valence-electron chi connectivity index (χ0n) is 16.2. The van der Waals surface area contributed by atoms with Crippen LogP contribution in [-0.4, -0.2) is 18.5 Å². The fraction of sp³-hybridized carbons (Fsp3) is 0.304. The normalized spacial score (nSPS) is 19.3. The van der Waals surface area contributed by atoms with Crippen molar-refractivity contribution in [1.82, 2.24) is 5.32 Å². The molecule has 30 heavy (non-hydrogen) atoms. The topological polar surface area (TPSA) is 55.4 Å². The predicted octanol–water partition coefficient (Wildman–Crippen LogP) is 4.61. The molecule has 0 spiro atoms. The quantitative estimate of drug-likeness (QED) is 0.552. The summed E-state index contributed by atoms with van der Waals surface area (Å²) >= 11 is 0. The molecule has 1 amide bonds. The third-order valence-corrected chi connectivity index (χ3v) is 5.10. The van der Waals surface area contributed by atoms with E-state index in [1.807, 2.05) is 30.3 Å². The maximum absolute atomic E-state index is 13.5. The number of nitrogens with one attached hydrogen (secondary N) is 1. The van der Waals surface area contributed by atoms with Crippen LogP contribution < -0.4 is 5.32 Å². The number of aryl methyl sites for hydroxylation is 1. The molecule has 1 saturated heterocycles. The number of halogens is 3. The van der Waals surface area contributed by atoms with Gasteiger partial charge in [-0.15, -0.1) is 0 Å². The first-order valence-corrected chi connectivity index (χ1v) is 9.62. The van der Waals surface area contributed by atoms with Gasteiger partial charge in [-0.2, -0.15) is 13.2 Å². The van der Waals surface area contributed by atoms with E-state index in [1.165, 1.54) is 18.2 Å². The highest BCUT2D eigenvalue weighted by Gasteiger charge is 2.43. The van der Waals surface area contributed by atoms with Crippen LogP contribution >= 0.6 is 0 Å². The number of alkyl halides is 3. The molecule has 0 saturated carbocycles. The third kappa shape index (κ3) is 5.09. The Balaban J connectivity index is 1.75. The van der Waals surface area contributed by atoms with Crippen molar-refractivity contribution >= 4 is 11.9 Å². The van der Waals surface area contributed by atoms with Gasteiger partial charge >= 0.3 is 12.1 Å². The molecule has 0 unspecified atom stereocenters. The van der Waals surface area contributed by atoms with Crippen LogP contribution in [-0.2, 0) is 26.9 Å². The maximum atomic E-state index is 13.5. The van der Waals surface area contributed by atoms with Crippen LogP contribution in [0.15, 0.2) is 66.9 Å². The van der Waals surface area contributed by atoms with Crippen LogP contribution in [0.3, 0.4) is 0 Å². The van der Waals surface area contributed by atoms with Crippen LogP contribution in [0.2, 0.25) is 0 Å². The molecule has 0 bridgehead atoms. The summed E-state index contributed by atoms with van der Waals surface area (Å²) in [5, 5.41) is 2.47. The molecular formula is C23H22F3NO3. The highest BCUT2D eigenvalue weighted by molar-refractivity contribution is 5.87. The van der Waals surface area contributed by atoms with Crippen LogP contribution in [0.1, 0.15) is 35.4 Å². The van der Waals surface area contributed by atoms with Crippen LogP contribution in [0.5, 0.6) is 0 Å². The smallest absolute Gasteiger partial charge is 0.416 e. The molecule has 0 aliphatic carbocycles. The number of hydrogen-bond acceptors (Lipinski definition) is 3. The molecule has 1 aliphatic heterocycles. The Morgan fingerprint density at radius 3 is 2.47 bits per heavy atom. The lowest BCUT2D eigenvalue weighted by Gasteiger charge is -2.33. The largest absolute Gasteiger partial charge is 0.465 e. The zero-order chi connectivity index (χ0) is 21.7. The van der Waals surface area contributed by atoms with E-state index in [-0.39, 0.29) is 24.3 Å². The molecule has 158 valence electrons. The summed E-state index contributed by atoms with van der Waals surface area (Å²) in [6.07, 6.45) is -3.58. The van der Waals surface area contributed by atoms with Gasteiger partial charge in [0.15, 0.2) is 0 Å². The Bertz CT molecular complexity index is 925. The molecule has 2 aromatic carbocycles. The fourth-order valence-corrected chi connectivity index (χ4v) is 3.73. The van der Waals surface area contributed by atoms with Crippen molar-refractivity contribution in [2.24, 2.45) is 5.92 Å². The first kappa shape index (κ1) is 21.6. The van der Waals surface area contributed by atoms with Gasteiger partial charge in [-0.05, 0) is 30.0 Å². The van der Waals surface area contributed by atoms with Crippen LogP contribution in [0, 0.1) is 5.92 Å². The monoisotopic (exact) mass is 417 g/mol. The van der Waals surface area contributed by atoms with Gasteiger partial charge in [0.25, 0.3) is 0 Å². The minimum Gasteiger partial charge on any atom is -0.465 e. The van der Waals surface area contributed by atoms with Crippen molar-refractivity contribution in [3.05, 3.63) is 83.6 Å². The van der Waals surface area contributed by atoms with E-state index in [9.17, 15) is 22.8 Å². The average molecular weight is 417 g/mol. The SMILES string of the molecule is C=C1NC(=O)C[C@H](c2ccccc2C(F)(F)F)[C@H]1C(=O)OCCCc1ccccc1. The summed E-state index contributed by atoms with van der Waals surface area (Å²) < 4.78 is 45.8. The van der Waals surface area contributed by atoms with Gasteiger partial charge in [-0.25, -0.2) is 0 Å². The Kier molecular flexibility index (Phi) is 6.59. The van der Waals surface area contributed by atoms with E-state index in [1.54, 1.807) is 0 Å².